The van der Waals surface area contributed by atoms with E-state index in [0.29, 0.717) is 37.7 Å². The highest BCUT2D eigenvalue weighted by Gasteiger charge is 2.72. The van der Waals surface area contributed by atoms with Crippen molar-refractivity contribution in [2.45, 2.75) is 265 Å². The van der Waals surface area contributed by atoms with Crippen LogP contribution in [0.25, 0.3) is 0 Å². The van der Waals surface area contributed by atoms with Crippen LogP contribution in [0.15, 0.2) is 23.8 Å². The number of hydrogen-bond acceptors (Lipinski definition) is 29. The van der Waals surface area contributed by atoms with Gasteiger partial charge < -0.3 is 144 Å². The van der Waals surface area contributed by atoms with Gasteiger partial charge in [-0.1, -0.05) is 72.3 Å². The van der Waals surface area contributed by atoms with Crippen molar-refractivity contribution in [3.05, 3.63) is 23.8 Å². The molecule has 29 heteroatoms. The Hall–Kier alpha value is -1.68. The minimum atomic E-state index is -2.00. The van der Waals surface area contributed by atoms with Crippen molar-refractivity contribution in [1.29, 1.82) is 0 Å². The summed E-state index contributed by atoms with van der Waals surface area (Å²) in [4.78, 5) is 0. The molecule has 0 spiro atoms. The Morgan fingerprint density at radius 1 is 0.478 bits per heavy atom. The van der Waals surface area contributed by atoms with Gasteiger partial charge in [0.25, 0.3) is 0 Å². The van der Waals surface area contributed by atoms with Gasteiger partial charge in [-0.25, -0.2) is 0 Å². The Balaban J connectivity index is 0.902. The van der Waals surface area contributed by atoms with Crippen LogP contribution in [0.2, 0.25) is 0 Å². The molecule has 5 heterocycles. The molecule has 0 radical (unpaired) electrons. The van der Waals surface area contributed by atoms with E-state index >= 15 is 0 Å². The lowest BCUT2D eigenvalue weighted by molar-refractivity contribution is -0.375. The summed E-state index contributed by atoms with van der Waals surface area (Å²) < 4.78 is 60.0. The topological polar surface area (TPSA) is 477 Å². The van der Waals surface area contributed by atoms with E-state index in [1.807, 2.05) is 13.8 Å². The van der Waals surface area contributed by atoms with Crippen LogP contribution in [0.4, 0.5) is 0 Å². The summed E-state index contributed by atoms with van der Waals surface area (Å²) in [6.45, 7) is 15.6. The number of rotatable bonds is 16. The average molecular weight is 1300 g/mol. The molecule has 0 aromatic heterocycles. The lowest BCUT2D eigenvalue weighted by Gasteiger charge is -2.72. The summed E-state index contributed by atoms with van der Waals surface area (Å²) in [6.07, 6.45) is -39.6. The van der Waals surface area contributed by atoms with Crippen molar-refractivity contribution in [2.75, 3.05) is 39.6 Å². The van der Waals surface area contributed by atoms with E-state index in [9.17, 15) is 97.0 Å². The standard InChI is InChI=1S/C61H100O29/c1-23-15-60(8)24(9-10-32-58(6)13-12-33(57(4,5)31(58)11-14-59(32,60)7)89-53-46(77)42(73)37(68)29(87-53)20-81-51-44(75)39(70)34(65)26(17-62)84-51)25-16-56(2,3)49(79)50(80)61(23,25)22-83-55-48(90-54-47(78)41(72)36(67)28(19-64)86-54)43(74)38(69)30(88-55)21-82-52-45(76)40(71)35(66)27(18-63)85-52/h9,25-55,62-80H,1,10-22H2,2-8H3. The summed E-state index contributed by atoms with van der Waals surface area (Å²) in [7, 11) is 0. The molecule has 19 N–H and O–H groups in total. The van der Waals surface area contributed by atoms with Gasteiger partial charge in [-0.3, -0.25) is 0 Å². The largest absolute Gasteiger partial charge is 0.394 e. The van der Waals surface area contributed by atoms with Crippen molar-refractivity contribution >= 4 is 0 Å². The van der Waals surface area contributed by atoms with E-state index < -0.39 is 244 Å². The molecule has 518 valence electrons. The maximum atomic E-state index is 12.8. The highest BCUT2D eigenvalue weighted by atomic mass is 16.8. The molecule has 35 unspecified atom stereocenters. The molecule has 4 saturated carbocycles. The Morgan fingerprint density at radius 3 is 1.43 bits per heavy atom. The van der Waals surface area contributed by atoms with Gasteiger partial charge in [0.1, 0.15) is 122 Å². The maximum absolute atomic E-state index is 12.8. The smallest absolute Gasteiger partial charge is 0.187 e. The SMILES string of the molecule is C=C1CC2(C)C(=CCC3C4(C)CCC(OC5OC(COC6OC(CO)C(O)C(O)C6O)C(O)C(O)C5O)C(C)(C)C4CCC32C)C2CC(C)(C)C(O)C(O)C12COC1OC(COC2OC(CO)C(O)C(O)C2O)C(O)C(O)C1OC1OC(CO)C(O)C(O)C1O. The fourth-order valence-corrected chi connectivity index (χ4v) is 18.1. The molecule has 10 rings (SSSR count). The lowest BCUT2D eigenvalue weighted by Crippen LogP contribution is -2.69. The molecule has 0 aromatic carbocycles. The lowest BCUT2D eigenvalue weighted by atomic mass is 9.33. The average Bonchev–Trinajstić information content (AvgIpc) is 0.671. The predicted molar refractivity (Wildman–Crippen MR) is 303 cm³/mol. The number of aliphatic hydroxyl groups excluding tert-OH is 19. The number of ether oxygens (including phenoxy) is 10. The normalized spacial score (nSPS) is 54.4. The molecule has 0 amide bonds. The van der Waals surface area contributed by atoms with Gasteiger partial charge in [-0.05, 0) is 89.8 Å². The zero-order chi connectivity index (χ0) is 66.0. The first kappa shape index (κ1) is 71.1. The summed E-state index contributed by atoms with van der Waals surface area (Å²) >= 11 is 0. The Morgan fingerprint density at radius 2 is 0.922 bits per heavy atom. The number of fused-ring (bicyclic) bond motifs is 7. The fourth-order valence-electron chi connectivity index (χ4n) is 18.1. The quantitative estimate of drug-likeness (QED) is 0.0506. The first-order chi connectivity index (χ1) is 42.1. The van der Waals surface area contributed by atoms with Crippen LogP contribution in [0.1, 0.15) is 93.4 Å². The molecular weight excluding hydrogens is 1200 g/mol. The van der Waals surface area contributed by atoms with Crippen LogP contribution in [0.5, 0.6) is 0 Å². The minimum Gasteiger partial charge on any atom is -0.394 e. The summed E-state index contributed by atoms with van der Waals surface area (Å²) in [6, 6.07) is 0. The monoisotopic (exact) mass is 1300 g/mol. The number of aliphatic hydroxyl groups is 19. The van der Waals surface area contributed by atoms with Gasteiger partial charge in [0.2, 0.25) is 0 Å². The van der Waals surface area contributed by atoms with E-state index in [0.717, 1.165) is 18.4 Å². The molecular formula is C61H100O29. The Labute approximate surface area is 521 Å². The Kier molecular flexibility index (Phi) is 20.8. The second-order valence-electron chi connectivity index (χ2n) is 29.4. The van der Waals surface area contributed by atoms with Gasteiger partial charge in [0.15, 0.2) is 31.5 Å². The summed E-state index contributed by atoms with van der Waals surface area (Å²) in [5.41, 5.74) is -2.74. The molecule has 10 aliphatic rings. The third kappa shape index (κ3) is 11.6. The van der Waals surface area contributed by atoms with Crippen LogP contribution >= 0.6 is 0 Å². The molecule has 5 aliphatic carbocycles. The van der Waals surface area contributed by atoms with E-state index in [-0.39, 0.29) is 17.3 Å². The van der Waals surface area contributed by atoms with E-state index in [2.05, 4.69) is 40.7 Å². The van der Waals surface area contributed by atoms with Crippen molar-refractivity contribution in [1.82, 2.24) is 0 Å². The number of hydrogen-bond donors (Lipinski definition) is 19. The Bertz CT molecular complexity index is 2500. The predicted octanol–water partition coefficient (Wildman–Crippen LogP) is -5.63. The second kappa shape index (κ2) is 26.3. The van der Waals surface area contributed by atoms with Crippen molar-refractivity contribution < 1.29 is 144 Å². The van der Waals surface area contributed by atoms with Crippen LogP contribution < -0.4 is 0 Å². The fraction of sp³-hybridized carbons (Fsp3) is 0.934. The molecule has 9 fully saturated rings. The second-order valence-corrected chi connectivity index (χ2v) is 29.4. The van der Waals surface area contributed by atoms with E-state index in [1.54, 1.807) is 0 Å². The first-order valence-electron chi connectivity index (χ1n) is 31.6. The summed E-state index contributed by atoms with van der Waals surface area (Å²) in [5.74, 6) is -0.469. The molecule has 0 bridgehead atoms. The van der Waals surface area contributed by atoms with Gasteiger partial charge >= 0.3 is 0 Å². The molecule has 29 nitrogen and oxygen atoms in total. The van der Waals surface area contributed by atoms with Crippen LogP contribution in [0, 0.1) is 50.2 Å². The zero-order valence-corrected chi connectivity index (χ0v) is 52.0. The van der Waals surface area contributed by atoms with Crippen molar-refractivity contribution in [3.63, 3.8) is 0 Å². The first-order valence-corrected chi connectivity index (χ1v) is 31.6. The third-order valence-electron chi connectivity index (χ3n) is 23.8. The van der Waals surface area contributed by atoms with Crippen molar-refractivity contribution in [2.24, 2.45) is 50.2 Å². The third-order valence-corrected chi connectivity index (χ3v) is 23.8. The van der Waals surface area contributed by atoms with Crippen LogP contribution in [-0.4, -0.2) is 309 Å². The maximum Gasteiger partial charge on any atom is 0.187 e. The van der Waals surface area contributed by atoms with Gasteiger partial charge in [0, 0.05) is 5.41 Å². The number of allylic oxidation sites excluding steroid dienone is 2. The molecule has 0 aromatic rings. The highest BCUT2D eigenvalue weighted by Crippen LogP contribution is 2.76. The van der Waals surface area contributed by atoms with Crippen LogP contribution in [0.3, 0.4) is 0 Å². The molecule has 5 aliphatic heterocycles. The molecule has 5 saturated heterocycles. The minimum absolute atomic E-state index is 0.0285. The highest BCUT2D eigenvalue weighted by molar-refractivity contribution is 5.42. The van der Waals surface area contributed by atoms with Gasteiger partial charge in [-0.2, -0.15) is 0 Å². The van der Waals surface area contributed by atoms with Gasteiger partial charge in [-0.15, -0.1) is 0 Å². The zero-order valence-electron chi connectivity index (χ0n) is 52.0. The van der Waals surface area contributed by atoms with Crippen LogP contribution in [-0.2, 0) is 47.4 Å². The van der Waals surface area contributed by atoms with E-state index in [4.69, 9.17) is 53.9 Å². The molecule has 35 atom stereocenters. The summed E-state index contributed by atoms with van der Waals surface area (Å²) in [5, 5.41) is 207. The van der Waals surface area contributed by atoms with Gasteiger partial charge in [0.05, 0.1) is 58.0 Å². The van der Waals surface area contributed by atoms with E-state index in [1.165, 1.54) is 0 Å². The van der Waals surface area contributed by atoms with Crippen molar-refractivity contribution in [3.8, 4) is 0 Å². The molecule has 90 heavy (non-hydrogen) atoms.